The summed E-state index contributed by atoms with van der Waals surface area (Å²) in [4.78, 5) is 37.0. The highest BCUT2D eigenvalue weighted by molar-refractivity contribution is 6.11. The van der Waals surface area contributed by atoms with Crippen molar-refractivity contribution in [2.75, 3.05) is 7.11 Å². The highest BCUT2D eigenvalue weighted by atomic mass is 16.5. The van der Waals surface area contributed by atoms with E-state index in [1.54, 1.807) is 0 Å². The quantitative estimate of drug-likeness (QED) is 0.669. The number of benzene rings is 1. The molecule has 1 heterocycles. The van der Waals surface area contributed by atoms with E-state index >= 15 is 0 Å². The van der Waals surface area contributed by atoms with Crippen molar-refractivity contribution in [2.45, 2.75) is 25.7 Å². The van der Waals surface area contributed by atoms with Crippen LogP contribution in [0.15, 0.2) is 41.6 Å². The fraction of sp³-hybridized carbons (Fsp3) is 0.389. The van der Waals surface area contributed by atoms with Gasteiger partial charge in [-0.15, -0.1) is 0 Å². The number of amides is 1. The van der Waals surface area contributed by atoms with E-state index in [-0.39, 0.29) is 29.9 Å². The maximum absolute atomic E-state index is 13.0. The molecule has 1 aliphatic carbocycles. The molecule has 1 aromatic rings. The topological polar surface area (TPSA) is 72.5 Å². The van der Waals surface area contributed by atoms with E-state index in [2.05, 4.69) is 5.32 Å². The fourth-order valence-electron chi connectivity index (χ4n) is 3.57. The Labute approximate surface area is 134 Å². The molecule has 0 radical (unpaired) electrons. The average Bonchev–Trinajstić information content (AvgIpc) is 2.54. The van der Waals surface area contributed by atoms with Crippen molar-refractivity contribution >= 4 is 17.7 Å². The summed E-state index contributed by atoms with van der Waals surface area (Å²) in [5, 5.41) is 2.82. The number of Topliss-reactive ketones (excluding diaryl/α,β-unsaturated/α-hetero) is 1. The summed E-state index contributed by atoms with van der Waals surface area (Å²) in [6, 6.07) is 9.48. The number of allylic oxidation sites excluding steroid dienone is 2. The second kappa shape index (κ2) is 5.99. The molecular weight excluding hydrogens is 294 g/mol. The molecule has 0 spiro atoms. The van der Waals surface area contributed by atoms with Crippen molar-refractivity contribution in [3.8, 4) is 0 Å². The van der Waals surface area contributed by atoms with E-state index in [0.717, 1.165) is 5.56 Å². The van der Waals surface area contributed by atoms with Crippen molar-refractivity contribution in [3.05, 3.63) is 47.2 Å². The van der Waals surface area contributed by atoms with Crippen molar-refractivity contribution < 1.29 is 19.1 Å². The minimum absolute atomic E-state index is 0.0888. The summed E-state index contributed by atoms with van der Waals surface area (Å²) in [6.45, 7) is 1.83. The Kier molecular flexibility index (Phi) is 4.03. The van der Waals surface area contributed by atoms with E-state index in [1.165, 1.54) is 7.11 Å². The molecule has 1 aliphatic heterocycles. The number of carbonyl (C=O) groups is 3. The number of ether oxygens (including phenoxy) is 1. The third-order valence-corrected chi connectivity index (χ3v) is 4.65. The van der Waals surface area contributed by atoms with Gasteiger partial charge in [0.05, 0.1) is 7.11 Å². The molecule has 3 atom stereocenters. The Morgan fingerprint density at radius 3 is 2.52 bits per heavy atom. The SMILES string of the molecule is COC(=O)[C@H]1C(=O)C2=C(C[C@H]1C)NC(=O)C[C@@H]2c1ccccc1. The Hall–Kier alpha value is -2.43. The molecule has 23 heavy (non-hydrogen) atoms. The lowest BCUT2D eigenvalue weighted by molar-refractivity contribution is -0.151. The fourth-order valence-corrected chi connectivity index (χ4v) is 3.57. The van der Waals surface area contributed by atoms with Crippen LogP contribution in [-0.2, 0) is 19.1 Å². The molecule has 1 aromatic carbocycles. The van der Waals surface area contributed by atoms with E-state index in [0.29, 0.717) is 17.7 Å². The van der Waals surface area contributed by atoms with Gasteiger partial charge in [-0.05, 0) is 17.9 Å². The standard InChI is InChI=1S/C18H19NO4/c1-10-8-13-16(17(21)15(10)18(22)23-2)12(9-14(20)19-13)11-6-4-3-5-7-11/h3-7,10,12,15H,8-9H2,1-2H3,(H,19,20)/t10-,12-,15-/m1/s1. The molecule has 3 rings (SSSR count). The first-order valence-electron chi connectivity index (χ1n) is 7.72. The average molecular weight is 313 g/mol. The lowest BCUT2D eigenvalue weighted by Gasteiger charge is -2.36. The first-order chi connectivity index (χ1) is 11.0. The summed E-state index contributed by atoms with van der Waals surface area (Å²) in [5.74, 6) is -2.10. The normalized spacial score (nSPS) is 27.3. The van der Waals surface area contributed by atoms with Crippen LogP contribution in [0, 0.1) is 11.8 Å². The van der Waals surface area contributed by atoms with Gasteiger partial charge in [0.15, 0.2) is 5.78 Å². The monoisotopic (exact) mass is 313 g/mol. The van der Waals surface area contributed by atoms with Crippen LogP contribution < -0.4 is 5.32 Å². The van der Waals surface area contributed by atoms with Gasteiger partial charge in [-0.1, -0.05) is 37.3 Å². The summed E-state index contributed by atoms with van der Waals surface area (Å²) in [5.41, 5.74) is 2.14. The lowest BCUT2D eigenvalue weighted by Crippen LogP contribution is -2.44. The van der Waals surface area contributed by atoms with Gasteiger partial charge >= 0.3 is 5.97 Å². The molecule has 0 saturated carbocycles. The van der Waals surface area contributed by atoms with Gasteiger partial charge in [-0.2, -0.15) is 0 Å². The van der Waals surface area contributed by atoms with Gasteiger partial charge in [-0.3, -0.25) is 14.4 Å². The Balaban J connectivity index is 2.07. The lowest BCUT2D eigenvalue weighted by atomic mass is 9.70. The van der Waals surface area contributed by atoms with Crippen LogP contribution in [0.5, 0.6) is 0 Å². The summed E-state index contributed by atoms with van der Waals surface area (Å²) in [6.07, 6.45) is 0.715. The molecule has 0 aromatic heterocycles. The van der Waals surface area contributed by atoms with Gasteiger partial charge < -0.3 is 10.1 Å². The smallest absolute Gasteiger partial charge is 0.316 e. The molecule has 0 fully saturated rings. The molecule has 0 bridgehead atoms. The second-order valence-corrected chi connectivity index (χ2v) is 6.15. The molecule has 5 nitrogen and oxygen atoms in total. The van der Waals surface area contributed by atoms with Crippen molar-refractivity contribution in [3.63, 3.8) is 0 Å². The van der Waals surface area contributed by atoms with Crippen molar-refractivity contribution in [2.24, 2.45) is 11.8 Å². The number of hydrogen-bond acceptors (Lipinski definition) is 4. The summed E-state index contributed by atoms with van der Waals surface area (Å²) < 4.78 is 4.80. The minimum Gasteiger partial charge on any atom is -0.468 e. The zero-order valence-electron chi connectivity index (χ0n) is 13.2. The predicted octanol–water partition coefficient (Wildman–Crippen LogP) is 1.94. The Morgan fingerprint density at radius 1 is 1.17 bits per heavy atom. The number of rotatable bonds is 2. The van der Waals surface area contributed by atoms with Crippen LogP contribution in [0.3, 0.4) is 0 Å². The van der Waals surface area contributed by atoms with Gasteiger partial charge in [-0.25, -0.2) is 0 Å². The van der Waals surface area contributed by atoms with Crippen molar-refractivity contribution in [1.82, 2.24) is 5.32 Å². The van der Waals surface area contributed by atoms with E-state index < -0.39 is 11.9 Å². The van der Waals surface area contributed by atoms with Crippen LogP contribution in [0.2, 0.25) is 0 Å². The molecule has 0 saturated heterocycles. The number of carbonyl (C=O) groups excluding carboxylic acids is 3. The third-order valence-electron chi connectivity index (χ3n) is 4.65. The Bertz CT molecular complexity index is 692. The minimum atomic E-state index is -0.792. The first kappa shape index (κ1) is 15.5. The molecule has 120 valence electrons. The third kappa shape index (κ3) is 2.67. The van der Waals surface area contributed by atoms with Crippen LogP contribution in [0.1, 0.15) is 31.2 Å². The number of nitrogens with one attached hydrogen (secondary N) is 1. The van der Waals surface area contributed by atoms with Crippen molar-refractivity contribution in [1.29, 1.82) is 0 Å². The maximum Gasteiger partial charge on any atom is 0.316 e. The van der Waals surface area contributed by atoms with E-state index in [9.17, 15) is 14.4 Å². The first-order valence-corrected chi connectivity index (χ1v) is 7.72. The maximum atomic E-state index is 13.0. The van der Waals surface area contributed by atoms with Crippen LogP contribution in [0.4, 0.5) is 0 Å². The predicted molar refractivity (Wildman–Crippen MR) is 83.3 cm³/mol. The van der Waals surface area contributed by atoms with Gasteiger partial charge in [0.25, 0.3) is 0 Å². The number of methoxy groups -OCH3 is 1. The molecule has 1 N–H and O–H groups in total. The highest BCUT2D eigenvalue weighted by Crippen LogP contribution is 2.41. The molecular formula is C18H19NO4. The highest BCUT2D eigenvalue weighted by Gasteiger charge is 2.45. The molecule has 0 unspecified atom stereocenters. The molecule has 5 heteroatoms. The van der Waals surface area contributed by atoms with Gasteiger partial charge in [0, 0.05) is 23.6 Å². The van der Waals surface area contributed by atoms with Crippen LogP contribution in [-0.4, -0.2) is 24.8 Å². The van der Waals surface area contributed by atoms with Crippen LogP contribution in [0.25, 0.3) is 0 Å². The van der Waals surface area contributed by atoms with E-state index in [1.807, 2.05) is 37.3 Å². The van der Waals surface area contributed by atoms with Crippen LogP contribution >= 0.6 is 0 Å². The summed E-state index contributed by atoms with van der Waals surface area (Å²) in [7, 11) is 1.30. The Morgan fingerprint density at radius 2 is 1.87 bits per heavy atom. The number of hydrogen-bond donors (Lipinski definition) is 1. The van der Waals surface area contributed by atoms with Gasteiger partial charge in [0.1, 0.15) is 5.92 Å². The largest absolute Gasteiger partial charge is 0.468 e. The second-order valence-electron chi connectivity index (χ2n) is 6.15. The zero-order valence-corrected chi connectivity index (χ0v) is 13.2. The number of ketones is 1. The van der Waals surface area contributed by atoms with E-state index in [4.69, 9.17) is 4.74 Å². The number of esters is 1. The molecule has 2 aliphatic rings. The molecule has 1 amide bonds. The summed E-state index contributed by atoms with van der Waals surface area (Å²) >= 11 is 0. The zero-order chi connectivity index (χ0) is 16.6. The van der Waals surface area contributed by atoms with Gasteiger partial charge in [0.2, 0.25) is 5.91 Å².